The Labute approximate surface area is 61.5 Å². The van der Waals surface area contributed by atoms with E-state index in [-0.39, 0.29) is 6.10 Å². The van der Waals surface area contributed by atoms with Crippen LogP contribution in [0.25, 0.3) is 0 Å². The third kappa shape index (κ3) is 1.82. The van der Waals surface area contributed by atoms with Crippen LogP contribution < -0.4 is 0 Å². The van der Waals surface area contributed by atoms with E-state index >= 15 is 0 Å². The molecule has 1 saturated carbocycles. The highest BCUT2D eigenvalue weighted by Crippen LogP contribution is 2.23. The van der Waals surface area contributed by atoms with Crippen molar-refractivity contribution in [2.45, 2.75) is 25.4 Å². The minimum Gasteiger partial charge on any atom is -0.389 e. The van der Waals surface area contributed by atoms with Crippen molar-refractivity contribution >= 4 is 0 Å². The van der Waals surface area contributed by atoms with E-state index in [9.17, 15) is 5.11 Å². The highest BCUT2D eigenvalue weighted by molar-refractivity contribution is 5.12. The first kappa shape index (κ1) is 7.76. The fourth-order valence-corrected chi connectivity index (χ4v) is 1.28. The van der Waals surface area contributed by atoms with Gasteiger partial charge in [0.15, 0.2) is 0 Å². The summed E-state index contributed by atoms with van der Waals surface area (Å²) in [5.41, 5.74) is 1.15. The normalized spacial score (nSPS) is 29.8. The topological polar surface area (TPSA) is 29.5 Å². The molecule has 0 heterocycles. The van der Waals surface area contributed by atoms with E-state index in [4.69, 9.17) is 4.74 Å². The Morgan fingerprint density at radius 1 is 1.80 bits per heavy atom. The molecule has 0 aromatic heterocycles. The Bertz CT molecular complexity index is 129. The summed E-state index contributed by atoms with van der Waals surface area (Å²) in [6.07, 6.45) is 4.89. The van der Waals surface area contributed by atoms with Crippen molar-refractivity contribution in [3.8, 4) is 0 Å². The van der Waals surface area contributed by atoms with Crippen molar-refractivity contribution in [1.82, 2.24) is 0 Å². The van der Waals surface area contributed by atoms with E-state index in [0.717, 1.165) is 24.8 Å². The molecule has 58 valence electrons. The summed E-state index contributed by atoms with van der Waals surface area (Å²) in [5, 5.41) is 9.29. The Morgan fingerprint density at radius 2 is 2.60 bits per heavy atom. The second-order valence-electron chi connectivity index (χ2n) is 2.64. The van der Waals surface area contributed by atoms with E-state index in [2.05, 4.69) is 0 Å². The van der Waals surface area contributed by atoms with Crippen molar-refractivity contribution in [2.75, 3.05) is 13.7 Å². The fraction of sp³-hybridized carbons (Fsp3) is 0.750. The first-order valence-electron chi connectivity index (χ1n) is 3.70. The molecule has 1 aliphatic carbocycles. The summed E-state index contributed by atoms with van der Waals surface area (Å²) in [6.45, 7) is 0.631. The lowest BCUT2D eigenvalue weighted by Gasteiger charge is -2.01. The smallest absolute Gasteiger partial charge is 0.0751 e. The van der Waals surface area contributed by atoms with Crippen molar-refractivity contribution < 1.29 is 9.84 Å². The van der Waals surface area contributed by atoms with Crippen LogP contribution in [0.5, 0.6) is 0 Å². The number of ether oxygens (including phenoxy) is 1. The van der Waals surface area contributed by atoms with Crippen LogP contribution in [-0.2, 0) is 4.74 Å². The molecule has 0 aromatic rings. The van der Waals surface area contributed by atoms with Gasteiger partial charge in [-0.15, -0.1) is 0 Å². The molecular formula is C8H14O2. The van der Waals surface area contributed by atoms with E-state index < -0.39 is 0 Å². The first-order chi connectivity index (χ1) is 4.84. The molecule has 0 aromatic carbocycles. The van der Waals surface area contributed by atoms with Crippen molar-refractivity contribution in [3.63, 3.8) is 0 Å². The van der Waals surface area contributed by atoms with E-state index in [1.165, 1.54) is 0 Å². The van der Waals surface area contributed by atoms with Crippen molar-refractivity contribution in [3.05, 3.63) is 11.6 Å². The predicted octanol–water partition coefficient (Wildman–Crippen LogP) is 1.10. The van der Waals surface area contributed by atoms with Crippen LogP contribution in [0.2, 0.25) is 0 Å². The summed E-state index contributed by atoms with van der Waals surface area (Å²) in [4.78, 5) is 0. The van der Waals surface area contributed by atoms with Gasteiger partial charge in [-0.1, -0.05) is 6.08 Å². The van der Waals surface area contributed by atoms with Crippen LogP contribution in [0.4, 0.5) is 0 Å². The molecule has 1 atom stereocenters. The van der Waals surface area contributed by atoms with Gasteiger partial charge in [0.1, 0.15) is 0 Å². The summed E-state index contributed by atoms with van der Waals surface area (Å²) >= 11 is 0. The Balaban J connectivity index is 2.38. The van der Waals surface area contributed by atoms with Gasteiger partial charge < -0.3 is 9.84 Å². The highest BCUT2D eigenvalue weighted by atomic mass is 16.5. The van der Waals surface area contributed by atoms with E-state index in [1.54, 1.807) is 7.11 Å². The van der Waals surface area contributed by atoms with Crippen LogP contribution in [0.1, 0.15) is 19.3 Å². The van der Waals surface area contributed by atoms with Gasteiger partial charge in [0.05, 0.1) is 12.7 Å². The lowest BCUT2D eigenvalue weighted by Crippen LogP contribution is -2.02. The van der Waals surface area contributed by atoms with Gasteiger partial charge in [-0.05, 0) is 24.8 Å². The monoisotopic (exact) mass is 142 g/mol. The summed E-state index contributed by atoms with van der Waals surface area (Å²) in [7, 11) is 1.67. The van der Waals surface area contributed by atoms with E-state index in [0.29, 0.717) is 6.61 Å². The van der Waals surface area contributed by atoms with Gasteiger partial charge in [0.2, 0.25) is 0 Å². The van der Waals surface area contributed by atoms with Gasteiger partial charge in [-0.25, -0.2) is 0 Å². The van der Waals surface area contributed by atoms with Gasteiger partial charge >= 0.3 is 0 Å². The molecule has 0 spiro atoms. The van der Waals surface area contributed by atoms with E-state index in [1.807, 2.05) is 6.08 Å². The number of aliphatic hydroxyl groups excluding tert-OH is 1. The molecular weight excluding hydrogens is 128 g/mol. The minimum absolute atomic E-state index is 0.185. The molecule has 1 N–H and O–H groups in total. The number of hydrogen-bond acceptors (Lipinski definition) is 2. The molecule has 2 nitrogen and oxygen atoms in total. The molecule has 0 radical (unpaired) electrons. The fourth-order valence-electron chi connectivity index (χ4n) is 1.28. The third-order valence-electron chi connectivity index (χ3n) is 1.88. The maximum atomic E-state index is 9.29. The zero-order valence-corrected chi connectivity index (χ0v) is 6.34. The van der Waals surface area contributed by atoms with Crippen molar-refractivity contribution in [2.24, 2.45) is 0 Å². The predicted molar refractivity (Wildman–Crippen MR) is 39.8 cm³/mol. The molecule has 2 heteroatoms. The molecule has 1 aliphatic rings. The van der Waals surface area contributed by atoms with Gasteiger partial charge in [-0.3, -0.25) is 0 Å². The SMILES string of the molecule is COC/C=C1\CCCC1O. The standard InChI is InChI=1S/C8H14O2/c1-10-6-5-7-3-2-4-8(7)9/h5,8-9H,2-4,6H2,1H3/b7-5+. The Morgan fingerprint density at radius 3 is 3.10 bits per heavy atom. The molecule has 0 saturated heterocycles. The molecule has 0 bridgehead atoms. The van der Waals surface area contributed by atoms with Gasteiger partial charge in [-0.2, -0.15) is 0 Å². The number of hydrogen-bond donors (Lipinski definition) is 1. The van der Waals surface area contributed by atoms with Crippen LogP contribution >= 0.6 is 0 Å². The van der Waals surface area contributed by atoms with Crippen LogP contribution in [0.3, 0.4) is 0 Å². The number of aliphatic hydroxyl groups is 1. The second-order valence-corrected chi connectivity index (χ2v) is 2.64. The summed E-state index contributed by atoms with van der Waals surface area (Å²) < 4.78 is 4.86. The minimum atomic E-state index is -0.185. The Hall–Kier alpha value is -0.340. The van der Waals surface area contributed by atoms with Crippen molar-refractivity contribution in [1.29, 1.82) is 0 Å². The third-order valence-corrected chi connectivity index (χ3v) is 1.88. The maximum Gasteiger partial charge on any atom is 0.0751 e. The largest absolute Gasteiger partial charge is 0.389 e. The highest BCUT2D eigenvalue weighted by Gasteiger charge is 2.16. The lowest BCUT2D eigenvalue weighted by atomic mass is 10.2. The quantitative estimate of drug-likeness (QED) is 0.585. The number of methoxy groups -OCH3 is 1. The number of rotatable bonds is 2. The average molecular weight is 142 g/mol. The van der Waals surface area contributed by atoms with Gasteiger partial charge in [0.25, 0.3) is 0 Å². The second kappa shape index (κ2) is 3.74. The Kier molecular flexibility index (Phi) is 2.90. The molecule has 0 aliphatic heterocycles. The average Bonchev–Trinajstić information content (AvgIpc) is 2.31. The maximum absolute atomic E-state index is 9.29. The molecule has 0 amide bonds. The molecule has 10 heavy (non-hydrogen) atoms. The summed E-state index contributed by atoms with van der Waals surface area (Å²) in [6, 6.07) is 0. The first-order valence-corrected chi connectivity index (χ1v) is 3.70. The zero-order valence-electron chi connectivity index (χ0n) is 6.34. The summed E-state index contributed by atoms with van der Waals surface area (Å²) in [5.74, 6) is 0. The molecule has 1 fully saturated rings. The molecule has 1 rings (SSSR count). The van der Waals surface area contributed by atoms with Crippen LogP contribution in [0.15, 0.2) is 11.6 Å². The zero-order chi connectivity index (χ0) is 7.40. The molecule has 1 unspecified atom stereocenters. The van der Waals surface area contributed by atoms with Gasteiger partial charge in [0, 0.05) is 7.11 Å². The lowest BCUT2D eigenvalue weighted by molar-refractivity contribution is 0.210. The van der Waals surface area contributed by atoms with Crippen LogP contribution in [0, 0.1) is 0 Å². The van der Waals surface area contributed by atoms with Crippen LogP contribution in [-0.4, -0.2) is 24.9 Å².